The number of carbonyl (C=O) groups is 1. The van der Waals surface area contributed by atoms with Gasteiger partial charge in [0.1, 0.15) is 11.5 Å². The molecule has 0 amide bonds. The van der Waals surface area contributed by atoms with Gasteiger partial charge in [0.25, 0.3) is 5.69 Å². The van der Waals surface area contributed by atoms with Gasteiger partial charge in [-0.15, -0.1) is 11.3 Å². The normalized spacial score (nSPS) is 10.5. The monoisotopic (exact) mass is 305 g/mol. The van der Waals surface area contributed by atoms with Crippen molar-refractivity contribution in [1.82, 2.24) is 0 Å². The largest absolute Gasteiger partial charge is 0.496 e. The first-order chi connectivity index (χ1) is 10.1. The summed E-state index contributed by atoms with van der Waals surface area (Å²) in [5.41, 5.74) is -0.0592. The molecule has 1 aromatic heterocycles. The van der Waals surface area contributed by atoms with E-state index in [9.17, 15) is 14.9 Å². The number of nitrogens with zero attached hydrogens (tertiary/aromatic N) is 1. The average Bonchev–Trinajstić information content (AvgIpc) is 2.94. The quantitative estimate of drug-likeness (QED) is 0.278. The van der Waals surface area contributed by atoms with Crippen LogP contribution in [0.5, 0.6) is 11.5 Å². The zero-order valence-electron chi connectivity index (χ0n) is 11.0. The lowest BCUT2D eigenvalue weighted by Crippen LogP contribution is -2.03. The SMILES string of the molecule is COc1csc(/C=C/C(=O)Oc2ccc([N+](=O)[O-])cc2)c1. The fraction of sp³-hybridized carbons (Fsp3) is 0.0714. The van der Waals surface area contributed by atoms with Gasteiger partial charge in [0.2, 0.25) is 0 Å². The summed E-state index contributed by atoms with van der Waals surface area (Å²) in [6, 6.07) is 7.09. The number of hydrogen-bond acceptors (Lipinski definition) is 6. The van der Waals surface area contributed by atoms with Crippen molar-refractivity contribution < 1.29 is 19.2 Å². The summed E-state index contributed by atoms with van der Waals surface area (Å²) in [4.78, 5) is 22.4. The lowest BCUT2D eigenvalue weighted by molar-refractivity contribution is -0.384. The van der Waals surface area contributed by atoms with Crippen molar-refractivity contribution in [2.45, 2.75) is 0 Å². The number of hydrogen-bond donors (Lipinski definition) is 0. The molecule has 0 aliphatic heterocycles. The van der Waals surface area contributed by atoms with Gasteiger partial charge >= 0.3 is 5.97 Å². The Labute approximate surface area is 124 Å². The Bertz CT molecular complexity index is 675. The third kappa shape index (κ3) is 4.15. The van der Waals surface area contributed by atoms with Gasteiger partial charge < -0.3 is 9.47 Å². The molecule has 0 atom stereocenters. The Balaban J connectivity index is 1.96. The first kappa shape index (κ1) is 14.7. The van der Waals surface area contributed by atoms with Crippen molar-refractivity contribution in [2.75, 3.05) is 7.11 Å². The Morgan fingerprint density at radius 3 is 2.57 bits per heavy atom. The number of benzene rings is 1. The molecule has 7 heteroatoms. The predicted octanol–water partition coefficient (Wildman–Crippen LogP) is 3.28. The van der Waals surface area contributed by atoms with Crippen molar-refractivity contribution in [3.8, 4) is 11.5 Å². The summed E-state index contributed by atoms with van der Waals surface area (Å²) in [7, 11) is 1.57. The molecule has 0 N–H and O–H groups in total. The minimum atomic E-state index is -0.559. The van der Waals surface area contributed by atoms with E-state index in [4.69, 9.17) is 9.47 Å². The van der Waals surface area contributed by atoms with Crippen LogP contribution in [0.4, 0.5) is 5.69 Å². The van der Waals surface area contributed by atoms with Crippen LogP contribution in [0.15, 0.2) is 41.8 Å². The van der Waals surface area contributed by atoms with E-state index in [1.807, 2.05) is 5.38 Å². The van der Waals surface area contributed by atoms with E-state index in [-0.39, 0.29) is 11.4 Å². The topological polar surface area (TPSA) is 78.7 Å². The lowest BCUT2D eigenvalue weighted by Gasteiger charge is -2.00. The highest BCUT2D eigenvalue weighted by atomic mass is 32.1. The fourth-order valence-corrected chi connectivity index (χ4v) is 2.21. The highest BCUT2D eigenvalue weighted by Crippen LogP contribution is 2.22. The molecule has 0 unspecified atom stereocenters. The zero-order chi connectivity index (χ0) is 15.2. The Hall–Kier alpha value is -2.67. The van der Waals surface area contributed by atoms with Gasteiger partial charge in [-0.05, 0) is 24.3 Å². The highest BCUT2D eigenvalue weighted by molar-refractivity contribution is 7.11. The Morgan fingerprint density at radius 2 is 2.00 bits per heavy atom. The smallest absolute Gasteiger partial charge is 0.336 e. The van der Waals surface area contributed by atoms with Gasteiger partial charge in [-0.25, -0.2) is 4.79 Å². The molecular weight excluding hydrogens is 294 g/mol. The number of carbonyl (C=O) groups excluding carboxylic acids is 1. The average molecular weight is 305 g/mol. The second-order valence-corrected chi connectivity index (χ2v) is 4.84. The molecule has 0 aliphatic rings. The summed E-state index contributed by atoms with van der Waals surface area (Å²) in [6.45, 7) is 0. The van der Waals surface area contributed by atoms with E-state index in [2.05, 4.69) is 0 Å². The minimum absolute atomic E-state index is 0.0592. The maximum absolute atomic E-state index is 11.6. The van der Waals surface area contributed by atoms with Gasteiger partial charge in [-0.3, -0.25) is 10.1 Å². The van der Waals surface area contributed by atoms with Crippen LogP contribution < -0.4 is 9.47 Å². The number of nitro groups is 1. The molecule has 1 heterocycles. The molecule has 2 aromatic rings. The van der Waals surface area contributed by atoms with Crippen molar-refractivity contribution >= 4 is 29.1 Å². The molecule has 0 fully saturated rings. The molecule has 6 nitrogen and oxygen atoms in total. The van der Waals surface area contributed by atoms with Crippen LogP contribution in [0.2, 0.25) is 0 Å². The highest BCUT2D eigenvalue weighted by Gasteiger charge is 2.06. The molecule has 0 saturated carbocycles. The van der Waals surface area contributed by atoms with Crippen LogP contribution in [-0.4, -0.2) is 18.0 Å². The van der Waals surface area contributed by atoms with E-state index in [1.54, 1.807) is 19.3 Å². The summed E-state index contributed by atoms with van der Waals surface area (Å²) in [6.07, 6.45) is 2.90. The summed E-state index contributed by atoms with van der Waals surface area (Å²) in [5.74, 6) is 0.415. The van der Waals surface area contributed by atoms with Crippen molar-refractivity contribution in [3.63, 3.8) is 0 Å². The predicted molar refractivity (Wildman–Crippen MR) is 78.6 cm³/mol. The minimum Gasteiger partial charge on any atom is -0.496 e. The lowest BCUT2D eigenvalue weighted by atomic mass is 10.3. The fourth-order valence-electron chi connectivity index (χ4n) is 1.47. The molecule has 2 rings (SSSR count). The molecular formula is C14H11NO5S. The standard InChI is InChI=1S/C14H11NO5S/c1-19-12-8-13(21-9-12)6-7-14(16)20-11-4-2-10(3-5-11)15(17)18/h2-9H,1H3/b7-6+. The zero-order valence-corrected chi connectivity index (χ0v) is 11.8. The van der Waals surface area contributed by atoms with Gasteiger partial charge in [0, 0.05) is 28.5 Å². The maximum Gasteiger partial charge on any atom is 0.336 e. The van der Waals surface area contributed by atoms with E-state index in [1.165, 1.54) is 41.7 Å². The van der Waals surface area contributed by atoms with Crippen LogP contribution in [-0.2, 0) is 4.79 Å². The second kappa shape index (κ2) is 6.67. The number of thiophene rings is 1. The Morgan fingerprint density at radius 1 is 1.29 bits per heavy atom. The summed E-state index contributed by atoms with van der Waals surface area (Å²) in [5, 5.41) is 12.3. The van der Waals surface area contributed by atoms with E-state index in [0.29, 0.717) is 0 Å². The van der Waals surface area contributed by atoms with Gasteiger partial charge in [0.15, 0.2) is 0 Å². The van der Waals surface area contributed by atoms with Crippen LogP contribution in [0.3, 0.4) is 0 Å². The molecule has 1 aromatic carbocycles. The second-order valence-electron chi connectivity index (χ2n) is 3.89. The van der Waals surface area contributed by atoms with E-state index >= 15 is 0 Å². The molecule has 21 heavy (non-hydrogen) atoms. The Kier molecular flexibility index (Phi) is 4.68. The maximum atomic E-state index is 11.6. The van der Waals surface area contributed by atoms with Gasteiger partial charge in [-0.1, -0.05) is 0 Å². The molecule has 0 bridgehead atoms. The molecule has 108 valence electrons. The van der Waals surface area contributed by atoms with Gasteiger partial charge in [-0.2, -0.15) is 0 Å². The van der Waals surface area contributed by atoms with Crippen LogP contribution in [0, 0.1) is 10.1 Å². The molecule has 0 radical (unpaired) electrons. The van der Waals surface area contributed by atoms with Crippen molar-refractivity contribution in [3.05, 3.63) is 56.8 Å². The number of ether oxygens (including phenoxy) is 2. The number of esters is 1. The third-order valence-electron chi connectivity index (χ3n) is 2.48. The molecule has 0 spiro atoms. The van der Waals surface area contributed by atoms with Crippen LogP contribution in [0.1, 0.15) is 4.88 Å². The van der Waals surface area contributed by atoms with Crippen LogP contribution in [0.25, 0.3) is 6.08 Å². The molecule has 0 saturated heterocycles. The summed E-state index contributed by atoms with van der Waals surface area (Å²) >= 11 is 1.43. The first-order valence-electron chi connectivity index (χ1n) is 5.85. The van der Waals surface area contributed by atoms with E-state index < -0.39 is 10.9 Å². The number of non-ortho nitro benzene ring substituents is 1. The first-order valence-corrected chi connectivity index (χ1v) is 6.73. The van der Waals surface area contributed by atoms with Crippen molar-refractivity contribution in [2.24, 2.45) is 0 Å². The number of nitro benzene ring substituents is 1. The third-order valence-corrected chi connectivity index (χ3v) is 3.36. The van der Waals surface area contributed by atoms with E-state index in [0.717, 1.165) is 10.6 Å². The van der Waals surface area contributed by atoms with Crippen LogP contribution >= 0.6 is 11.3 Å². The summed E-state index contributed by atoms with van der Waals surface area (Å²) < 4.78 is 10.1. The molecule has 0 aliphatic carbocycles. The number of methoxy groups -OCH3 is 1. The van der Waals surface area contributed by atoms with Gasteiger partial charge in [0.05, 0.1) is 12.0 Å². The number of rotatable bonds is 5. The van der Waals surface area contributed by atoms with Crippen molar-refractivity contribution in [1.29, 1.82) is 0 Å².